The first kappa shape index (κ1) is 7.63. The van der Waals surface area contributed by atoms with E-state index >= 15 is 0 Å². The molecule has 0 heterocycles. The standard InChI is InChI=1S/C9H14O/c1-2-8-5-3-4-6-9(8)7-10/h1,8-10H,3-7H2/t8-,9+/m1/s1. The van der Waals surface area contributed by atoms with Crippen molar-refractivity contribution in [1.29, 1.82) is 0 Å². The molecular formula is C9H14O. The molecule has 1 aliphatic rings. The van der Waals surface area contributed by atoms with Gasteiger partial charge >= 0.3 is 0 Å². The highest BCUT2D eigenvalue weighted by atomic mass is 16.3. The molecule has 1 rings (SSSR count). The van der Waals surface area contributed by atoms with Crippen molar-refractivity contribution >= 4 is 0 Å². The number of terminal acetylenes is 1. The minimum atomic E-state index is 0.273. The fourth-order valence-electron chi connectivity index (χ4n) is 1.65. The maximum Gasteiger partial charge on any atom is 0.0471 e. The molecule has 0 aromatic heterocycles. The SMILES string of the molecule is C#C[C@@H]1CCCC[C@H]1CO. The van der Waals surface area contributed by atoms with Crippen LogP contribution in [0.25, 0.3) is 0 Å². The van der Waals surface area contributed by atoms with E-state index in [-0.39, 0.29) is 6.61 Å². The van der Waals surface area contributed by atoms with Crippen LogP contribution in [0.15, 0.2) is 0 Å². The Bertz CT molecular complexity index is 134. The van der Waals surface area contributed by atoms with E-state index < -0.39 is 0 Å². The van der Waals surface area contributed by atoms with E-state index in [1.807, 2.05) is 0 Å². The molecule has 1 nitrogen and oxygen atoms in total. The fourth-order valence-corrected chi connectivity index (χ4v) is 1.65. The third-order valence-corrected chi connectivity index (χ3v) is 2.36. The van der Waals surface area contributed by atoms with Crippen molar-refractivity contribution in [2.24, 2.45) is 11.8 Å². The van der Waals surface area contributed by atoms with E-state index in [1.165, 1.54) is 12.8 Å². The summed E-state index contributed by atoms with van der Waals surface area (Å²) < 4.78 is 0. The summed E-state index contributed by atoms with van der Waals surface area (Å²) in [6, 6.07) is 0. The average Bonchev–Trinajstić information content (AvgIpc) is 2.04. The largest absolute Gasteiger partial charge is 0.396 e. The molecule has 0 aromatic carbocycles. The predicted molar refractivity (Wildman–Crippen MR) is 41.4 cm³/mol. The molecule has 0 aliphatic heterocycles. The van der Waals surface area contributed by atoms with Crippen LogP contribution in [0.1, 0.15) is 25.7 Å². The van der Waals surface area contributed by atoms with Gasteiger partial charge in [0.15, 0.2) is 0 Å². The minimum absolute atomic E-state index is 0.273. The summed E-state index contributed by atoms with van der Waals surface area (Å²) in [5, 5.41) is 8.90. The summed E-state index contributed by atoms with van der Waals surface area (Å²) in [6.07, 6.45) is 10.0. The second kappa shape index (κ2) is 3.63. The topological polar surface area (TPSA) is 20.2 Å². The van der Waals surface area contributed by atoms with Gasteiger partial charge in [0.05, 0.1) is 0 Å². The van der Waals surface area contributed by atoms with E-state index in [0.29, 0.717) is 11.8 Å². The molecule has 0 unspecified atom stereocenters. The number of hydrogen-bond acceptors (Lipinski definition) is 1. The molecule has 0 bridgehead atoms. The van der Waals surface area contributed by atoms with Crippen LogP contribution in [0.4, 0.5) is 0 Å². The van der Waals surface area contributed by atoms with Crippen molar-refractivity contribution in [2.75, 3.05) is 6.61 Å². The normalized spacial score (nSPS) is 33.2. The zero-order valence-corrected chi connectivity index (χ0v) is 6.21. The second-order valence-corrected chi connectivity index (χ2v) is 3.00. The molecule has 10 heavy (non-hydrogen) atoms. The van der Waals surface area contributed by atoms with Gasteiger partial charge in [0.2, 0.25) is 0 Å². The summed E-state index contributed by atoms with van der Waals surface area (Å²) in [5.41, 5.74) is 0. The molecule has 56 valence electrons. The van der Waals surface area contributed by atoms with Gasteiger partial charge in [0.25, 0.3) is 0 Å². The molecule has 1 heteroatoms. The Labute approximate surface area is 62.4 Å². The molecular weight excluding hydrogens is 124 g/mol. The van der Waals surface area contributed by atoms with Crippen molar-refractivity contribution in [3.8, 4) is 12.3 Å². The van der Waals surface area contributed by atoms with E-state index in [1.54, 1.807) is 0 Å². The van der Waals surface area contributed by atoms with Gasteiger partial charge in [-0.05, 0) is 18.8 Å². The molecule has 0 spiro atoms. The van der Waals surface area contributed by atoms with E-state index in [4.69, 9.17) is 11.5 Å². The van der Waals surface area contributed by atoms with E-state index in [0.717, 1.165) is 12.8 Å². The maximum atomic E-state index is 8.90. The Hall–Kier alpha value is -0.480. The zero-order valence-electron chi connectivity index (χ0n) is 6.21. The van der Waals surface area contributed by atoms with Crippen LogP contribution in [0.5, 0.6) is 0 Å². The zero-order chi connectivity index (χ0) is 7.40. The highest BCUT2D eigenvalue weighted by molar-refractivity contribution is 4.97. The smallest absolute Gasteiger partial charge is 0.0471 e. The Morgan fingerprint density at radius 3 is 2.60 bits per heavy atom. The first-order chi connectivity index (χ1) is 4.88. The lowest BCUT2D eigenvalue weighted by molar-refractivity contribution is 0.161. The summed E-state index contributed by atoms with van der Waals surface area (Å²) in [7, 11) is 0. The van der Waals surface area contributed by atoms with Crippen molar-refractivity contribution in [3.63, 3.8) is 0 Å². The first-order valence-electron chi connectivity index (χ1n) is 3.95. The number of rotatable bonds is 1. The monoisotopic (exact) mass is 138 g/mol. The van der Waals surface area contributed by atoms with Gasteiger partial charge in [0.1, 0.15) is 0 Å². The lowest BCUT2D eigenvalue weighted by Gasteiger charge is -2.25. The van der Waals surface area contributed by atoms with Gasteiger partial charge < -0.3 is 5.11 Å². The van der Waals surface area contributed by atoms with Gasteiger partial charge in [-0.25, -0.2) is 0 Å². The first-order valence-corrected chi connectivity index (χ1v) is 3.95. The number of aliphatic hydroxyl groups excluding tert-OH is 1. The number of hydrogen-bond donors (Lipinski definition) is 1. The minimum Gasteiger partial charge on any atom is -0.396 e. The molecule has 0 radical (unpaired) electrons. The van der Waals surface area contributed by atoms with Crippen molar-refractivity contribution in [1.82, 2.24) is 0 Å². The van der Waals surface area contributed by atoms with Crippen molar-refractivity contribution in [2.45, 2.75) is 25.7 Å². The van der Waals surface area contributed by atoms with Crippen LogP contribution in [0, 0.1) is 24.2 Å². The molecule has 1 saturated carbocycles. The molecule has 1 fully saturated rings. The third kappa shape index (κ3) is 1.52. The molecule has 1 aliphatic carbocycles. The third-order valence-electron chi connectivity index (χ3n) is 2.36. The Morgan fingerprint density at radius 1 is 1.40 bits per heavy atom. The second-order valence-electron chi connectivity index (χ2n) is 3.00. The lowest BCUT2D eigenvalue weighted by atomic mass is 9.80. The lowest BCUT2D eigenvalue weighted by Crippen LogP contribution is -2.20. The molecule has 1 N–H and O–H groups in total. The van der Waals surface area contributed by atoms with Gasteiger partial charge in [-0.1, -0.05) is 12.8 Å². The van der Waals surface area contributed by atoms with Crippen LogP contribution in [0.2, 0.25) is 0 Å². The summed E-state index contributed by atoms with van der Waals surface area (Å²) in [5.74, 6) is 3.48. The van der Waals surface area contributed by atoms with Crippen LogP contribution in [0.3, 0.4) is 0 Å². The van der Waals surface area contributed by atoms with Crippen LogP contribution >= 0.6 is 0 Å². The fraction of sp³-hybridized carbons (Fsp3) is 0.778. The Kier molecular flexibility index (Phi) is 2.77. The van der Waals surface area contributed by atoms with Gasteiger partial charge in [-0.3, -0.25) is 0 Å². The molecule has 2 atom stereocenters. The maximum absolute atomic E-state index is 8.90. The van der Waals surface area contributed by atoms with E-state index in [9.17, 15) is 0 Å². The highest BCUT2D eigenvalue weighted by Gasteiger charge is 2.21. The Morgan fingerprint density at radius 2 is 2.10 bits per heavy atom. The quantitative estimate of drug-likeness (QED) is 0.543. The van der Waals surface area contributed by atoms with Crippen LogP contribution in [-0.4, -0.2) is 11.7 Å². The summed E-state index contributed by atoms with van der Waals surface area (Å²) in [6.45, 7) is 0.273. The van der Waals surface area contributed by atoms with Crippen molar-refractivity contribution in [3.05, 3.63) is 0 Å². The van der Waals surface area contributed by atoms with Crippen molar-refractivity contribution < 1.29 is 5.11 Å². The predicted octanol–water partition coefficient (Wildman–Crippen LogP) is 1.42. The summed E-state index contributed by atoms with van der Waals surface area (Å²) in [4.78, 5) is 0. The van der Waals surface area contributed by atoms with Crippen LogP contribution < -0.4 is 0 Å². The Balaban J connectivity index is 2.44. The molecule has 0 amide bonds. The van der Waals surface area contributed by atoms with Gasteiger partial charge in [-0.15, -0.1) is 12.3 Å². The number of aliphatic hydroxyl groups is 1. The molecule has 0 aromatic rings. The average molecular weight is 138 g/mol. The highest BCUT2D eigenvalue weighted by Crippen LogP contribution is 2.28. The molecule has 0 saturated heterocycles. The van der Waals surface area contributed by atoms with E-state index in [2.05, 4.69) is 5.92 Å². The van der Waals surface area contributed by atoms with Gasteiger partial charge in [0, 0.05) is 12.5 Å². The summed E-state index contributed by atoms with van der Waals surface area (Å²) >= 11 is 0. The van der Waals surface area contributed by atoms with Crippen LogP contribution in [-0.2, 0) is 0 Å². The van der Waals surface area contributed by atoms with Gasteiger partial charge in [-0.2, -0.15) is 0 Å².